The van der Waals surface area contributed by atoms with Crippen LogP contribution in [0.2, 0.25) is 0 Å². The SMILES string of the molecule is CC.CC.CC1CN(CC2(O)CCOCC2)CCN1. The Labute approximate surface area is 119 Å². The molecule has 2 rings (SSSR count). The molecule has 0 saturated carbocycles. The first-order valence-electron chi connectivity index (χ1n) is 7.94. The van der Waals surface area contributed by atoms with Crippen molar-refractivity contribution in [1.29, 1.82) is 0 Å². The van der Waals surface area contributed by atoms with Crippen LogP contribution in [0.15, 0.2) is 0 Å². The van der Waals surface area contributed by atoms with E-state index >= 15 is 0 Å². The monoisotopic (exact) mass is 274 g/mol. The van der Waals surface area contributed by atoms with E-state index in [1.165, 1.54) is 0 Å². The molecular weight excluding hydrogens is 240 g/mol. The van der Waals surface area contributed by atoms with Gasteiger partial charge in [-0.25, -0.2) is 0 Å². The lowest BCUT2D eigenvalue weighted by Crippen LogP contribution is -2.55. The Morgan fingerprint density at radius 3 is 2.32 bits per heavy atom. The molecule has 0 aromatic rings. The molecule has 0 spiro atoms. The fraction of sp³-hybridized carbons (Fsp3) is 1.00. The number of hydrogen-bond donors (Lipinski definition) is 2. The number of aliphatic hydroxyl groups is 1. The quantitative estimate of drug-likeness (QED) is 0.807. The highest BCUT2D eigenvalue weighted by Gasteiger charge is 2.32. The van der Waals surface area contributed by atoms with E-state index < -0.39 is 5.60 Å². The van der Waals surface area contributed by atoms with Crippen LogP contribution in [-0.2, 0) is 4.74 Å². The van der Waals surface area contributed by atoms with E-state index in [2.05, 4.69) is 17.1 Å². The lowest BCUT2D eigenvalue weighted by atomic mass is 9.93. The molecule has 1 atom stereocenters. The predicted octanol–water partition coefficient (Wildman–Crippen LogP) is 1.87. The molecular formula is C15H34N2O2. The van der Waals surface area contributed by atoms with Gasteiger partial charge in [0.2, 0.25) is 0 Å². The molecule has 0 bridgehead atoms. The Balaban J connectivity index is 0.000000741. The highest BCUT2D eigenvalue weighted by molar-refractivity contribution is 4.87. The van der Waals surface area contributed by atoms with E-state index in [1.54, 1.807) is 0 Å². The Morgan fingerprint density at radius 1 is 1.21 bits per heavy atom. The summed E-state index contributed by atoms with van der Waals surface area (Å²) in [5, 5.41) is 13.8. The number of hydrogen-bond acceptors (Lipinski definition) is 4. The van der Waals surface area contributed by atoms with Crippen molar-refractivity contribution in [1.82, 2.24) is 10.2 Å². The van der Waals surface area contributed by atoms with Crippen molar-refractivity contribution in [2.24, 2.45) is 0 Å². The molecule has 2 saturated heterocycles. The molecule has 0 aliphatic carbocycles. The zero-order chi connectivity index (χ0) is 14.7. The normalized spacial score (nSPS) is 26.5. The van der Waals surface area contributed by atoms with Gasteiger partial charge in [-0.05, 0) is 6.92 Å². The van der Waals surface area contributed by atoms with Gasteiger partial charge in [0.05, 0.1) is 5.60 Å². The van der Waals surface area contributed by atoms with Crippen molar-refractivity contribution >= 4 is 0 Å². The van der Waals surface area contributed by atoms with Crippen molar-refractivity contribution < 1.29 is 9.84 Å². The second kappa shape index (κ2) is 10.6. The predicted molar refractivity (Wildman–Crippen MR) is 81.6 cm³/mol. The fourth-order valence-corrected chi connectivity index (χ4v) is 2.48. The van der Waals surface area contributed by atoms with Gasteiger partial charge < -0.3 is 15.2 Å². The minimum absolute atomic E-state index is 0.505. The molecule has 2 aliphatic heterocycles. The summed E-state index contributed by atoms with van der Waals surface area (Å²) in [5.74, 6) is 0. The summed E-state index contributed by atoms with van der Waals surface area (Å²) in [7, 11) is 0. The van der Waals surface area contributed by atoms with Crippen molar-refractivity contribution in [2.45, 2.75) is 59.1 Å². The zero-order valence-electron chi connectivity index (χ0n) is 13.5. The number of nitrogens with one attached hydrogen (secondary N) is 1. The standard InChI is InChI=1S/C11H22N2O2.2C2H6/c1-10-8-13(5-4-12-10)9-11(14)2-6-15-7-3-11;2*1-2/h10,12,14H,2-9H2,1H3;2*1-2H3. The minimum Gasteiger partial charge on any atom is -0.388 e. The highest BCUT2D eigenvalue weighted by atomic mass is 16.5. The summed E-state index contributed by atoms with van der Waals surface area (Å²) >= 11 is 0. The molecule has 0 amide bonds. The molecule has 1 unspecified atom stereocenters. The molecule has 2 fully saturated rings. The van der Waals surface area contributed by atoms with Crippen LogP contribution in [0, 0.1) is 0 Å². The summed E-state index contributed by atoms with van der Waals surface area (Å²) in [5.41, 5.74) is -0.505. The van der Waals surface area contributed by atoms with Crippen LogP contribution >= 0.6 is 0 Å². The third-order valence-electron chi connectivity index (χ3n) is 3.39. The van der Waals surface area contributed by atoms with Crippen LogP contribution in [-0.4, -0.2) is 61.0 Å². The molecule has 4 nitrogen and oxygen atoms in total. The van der Waals surface area contributed by atoms with Gasteiger partial charge in [0, 0.05) is 58.3 Å². The maximum atomic E-state index is 10.4. The average Bonchev–Trinajstić information content (AvgIpc) is 2.43. The lowest BCUT2D eigenvalue weighted by molar-refractivity contribution is -0.0821. The van der Waals surface area contributed by atoms with Gasteiger partial charge in [-0.3, -0.25) is 4.90 Å². The van der Waals surface area contributed by atoms with Crippen LogP contribution in [0.3, 0.4) is 0 Å². The first-order valence-corrected chi connectivity index (χ1v) is 7.94. The Bertz CT molecular complexity index is 206. The van der Waals surface area contributed by atoms with Crippen LogP contribution in [0.25, 0.3) is 0 Å². The maximum absolute atomic E-state index is 10.4. The molecule has 0 radical (unpaired) electrons. The van der Waals surface area contributed by atoms with Gasteiger partial charge >= 0.3 is 0 Å². The summed E-state index contributed by atoms with van der Waals surface area (Å²) in [6, 6.07) is 0.544. The zero-order valence-corrected chi connectivity index (χ0v) is 13.5. The number of nitrogens with zero attached hydrogens (tertiary/aromatic N) is 1. The first kappa shape index (κ1) is 18.8. The minimum atomic E-state index is -0.505. The van der Waals surface area contributed by atoms with E-state index in [1.807, 2.05) is 27.7 Å². The third-order valence-corrected chi connectivity index (χ3v) is 3.39. The molecule has 19 heavy (non-hydrogen) atoms. The fourth-order valence-electron chi connectivity index (χ4n) is 2.48. The van der Waals surface area contributed by atoms with E-state index in [0.717, 1.165) is 39.0 Å². The second-order valence-corrected chi connectivity index (χ2v) is 4.93. The number of rotatable bonds is 2. The third kappa shape index (κ3) is 7.25. The van der Waals surface area contributed by atoms with E-state index in [0.29, 0.717) is 19.3 Å². The largest absolute Gasteiger partial charge is 0.388 e. The topological polar surface area (TPSA) is 44.7 Å². The second-order valence-electron chi connectivity index (χ2n) is 4.93. The number of ether oxygens (including phenoxy) is 1. The molecule has 2 aliphatic rings. The Kier molecular flexibility index (Phi) is 10.5. The van der Waals surface area contributed by atoms with E-state index in [-0.39, 0.29) is 0 Å². The smallest absolute Gasteiger partial charge is 0.0817 e. The molecule has 116 valence electrons. The highest BCUT2D eigenvalue weighted by Crippen LogP contribution is 2.22. The number of piperazine rings is 1. The average molecular weight is 274 g/mol. The van der Waals surface area contributed by atoms with E-state index in [9.17, 15) is 5.11 Å². The number of β-amino-alcohol motifs (C(OH)–C–C–N with tert-alkyl or cyclic N) is 1. The van der Waals surface area contributed by atoms with Crippen molar-refractivity contribution in [2.75, 3.05) is 39.4 Å². The summed E-state index contributed by atoms with van der Waals surface area (Å²) in [6.07, 6.45) is 1.57. The van der Waals surface area contributed by atoms with Crippen molar-refractivity contribution in [3.05, 3.63) is 0 Å². The molecule has 2 heterocycles. The van der Waals surface area contributed by atoms with Gasteiger partial charge in [-0.2, -0.15) is 0 Å². The van der Waals surface area contributed by atoms with Crippen LogP contribution < -0.4 is 5.32 Å². The lowest BCUT2D eigenvalue weighted by Gasteiger charge is -2.40. The van der Waals surface area contributed by atoms with Crippen molar-refractivity contribution in [3.63, 3.8) is 0 Å². The van der Waals surface area contributed by atoms with Gasteiger partial charge in [-0.1, -0.05) is 27.7 Å². The van der Waals surface area contributed by atoms with Gasteiger partial charge in [0.25, 0.3) is 0 Å². The maximum Gasteiger partial charge on any atom is 0.0817 e. The van der Waals surface area contributed by atoms with Gasteiger partial charge in [0.15, 0.2) is 0 Å². The van der Waals surface area contributed by atoms with Crippen LogP contribution in [0.5, 0.6) is 0 Å². The summed E-state index contributed by atoms with van der Waals surface area (Å²) in [4.78, 5) is 2.37. The summed E-state index contributed by atoms with van der Waals surface area (Å²) in [6.45, 7) is 15.5. The molecule has 0 aromatic heterocycles. The molecule has 2 N–H and O–H groups in total. The van der Waals surface area contributed by atoms with Crippen LogP contribution in [0.1, 0.15) is 47.5 Å². The molecule has 0 aromatic carbocycles. The van der Waals surface area contributed by atoms with Crippen molar-refractivity contribution in [3.8, 4) is 0 Å². The Morgan fingerprint density at radius 2 is 1.79 bits per heavy atom. The van der Waals surface area contributed by atoms with Gasteiger partial charge in [-0.15, -0.1) is 0 Å². The van der Waals surface area contributed by atoms with Gasteiger partial charge in [0.1, 0.15) is 0 Å². The van der Waals surface area contributed by atoms with E-state index in [4.69, 9.17) is 4.74 Å². The molecule has 4 heteroatoms. The Hall–Kier alpha value is -0.160. The van der Waals surface area contributed by atoms with Crippen LogP contribution in [0.4, 0.5) is 0 Å². The summed E-state index contributed by atoms with van der Waals surface area (Å²) < 4.78 is 5.28. The first-order chi connectivity index (χ1) is 9.18.